The van der Waals surface area contributed by atoms with Gasteiger partial charge in [-0.05, 0) is 37.4 Å². The van der Waals surface area contributed by atoms with Crippen molar-refractivity contribution in [1.29, 1.82) is 0 Å². The molecule has 2 rings (SSSR count). The molecule has 0 bridgehead atoms. The Bertz CT molecular complexity index is 530. The van der Waals surface area contributed by atoms with Gasteiger partial charge >= 0.3 is 0 Å². The number of nitrogens with zero attached hydrogens (tertiary/aromatic N) is 3. The van der Waals surface area contributed by atoms with E-state index in [1.807, 2.05) is 4.68 Å². The normalized spacial score (nSPS) is 12.5. The maximum Gasteiger partial charge on any atom is 0.138 e. The van der Waals surface area contributed by atoms with Gasteiger partial charge in [-0.1, -0.05) is 38.1 Å². The Kier molecular flexibility index (Phi) is 5.93. The third kappa shape index (κ3) is 4.14. The first-order chi connectivity index (χ1) is 10.3. The van der Waals surface area contributed by atoms with Crippen LogP contribution in [0.1, 0.15) is 50.2 Å². The Hall–Kier alpha value is -1.68. The van der Waals surface area contributed by atoms with Crippen LogP contribution in [0.2, 0.25) is 0 Å². The SMILES string of the molecule is CCCNC(Cc1ncnn1CC)c1ccc(CC)cc1. The number of hydrogen-bond acceptors (Lipinski definition) is 3. The summed E-state index contributed by atoms with van der Waals surface area (Å²) in [5.74, 6) is 1.05. The summed E-state index contributed by atoms with van der Waals surface area (Å²) in [6.07, 6.45) is 4.73. The van der Waals surface area contributed by atoms with Crippen molar-refractivity contribution < 1.29 is 0 Å². The number of nitrogens with one attached hydrogen (secondary N) is 1. The van der Waals surface area contributed by atoms with Crippen LogP contribution >= 0.6 is 0 Å². The van der Waals surface area contributed by atoms with Crippen molar-refractivity contribution in [2.45, 2.75) is 52.6 Å². The van der Waals surface area contributed by atoms with Crippen molar-refractivity contribution in [1.82, 2.24) is 20.1 Å². The molecule has 1 N–H and O–H groups in total. The molecule has 0 radical (unpaired) electrons. The minimum atomic E-state index is 0.297. The third-order valence-corrected chi connectivity index (χ3v) is 3.81. The van der Waals surface area contributed by atoms with E-state index in [2.05, 4.69) is 60.4 Å². The molecular formula is C17H26N4. The van der Waals surface area contributed by atoms with Crippen LogP contribution in [-0.4, -0.2) is 21.3 Å². The fourth-order valence-electron chi connectivity index (χ4n) is 2.50. The second kappa shape index (κ2) is 7.93. The lowest BCUT2D eigenvalue weighted by atomic mass is 10.0. The quantitative estimate of drug-likeness (QED) is 0.810. The predicted molar refractivity (Wildman–Crippen MR) is 86.3 cm³/mol. The zero-order valence-corrected chi connectivity index (χ0v) is 13.3. The topological polar surface area (TPSA) is 42.7 Å². The number of benzene rings is 1. The molecule has 0 aliphatic carbocycles. The highest BCUT2D eigenvalue weighted by Gasteiger charge is 2.15. The van der Waals surface area contributed by atoms with Crippen LogP contribution in [0.3, 0.4) is 0 Å². The van der Waals surface area contributed by atoms with Gasteiger partial charge in [0.05, 0.1) is 0 Å². The number of rotatable bonds is 8. The van der Waals surface area contributed by atoms with Crippen molar-refractivity contribution in [2.75, 3.05) is 6.54 Å². The summed E-state index contributed by atoms with van der Waals surface area (Å²) in [6, 6.07) is 9.21. The van der Waals surface area contributed by atoms with Crippen LogP contribution in [0.4, 0.5) is 0 Å². The second-order valence-corrected chi connectivity index (χ2v) is 5.30. The number of aryl methyl sites for hydroxylation is 2. The summed E-state index contributed by atoms with van der Waals surface area (Å²) >= 11 is 0. The first-order valence-electron chi connectivity index (χ1n) is 7.97. The molecule has 0 saturated carbocycles. The fraction of sp³-hybridized carbons (Fsp3) is 0.529. The van der Waals surface area contributed by atoms with Crippen molar-refractivity contribution in [3.8, 4) is 0 Å². The zero-order valence-electron chi connectivity index (χ0n) is 13.3. The van der Waals surface area contributed by atoms with Crippen LogP contribution in [0.15, 0.2) is 30.6 Å². The molecule has 0 spiro atoms. The Morgan fingerprint density at radius 1 is 1.14 bits per heavy atom. The lowest BCUT2D eigenvalue weighted by Crippen LogP contribution is -2.25. The smallest absolute Gasteiger partial charge is 0.138 e. The molecule has 4 heteroatoms. The number of aromatic nitrogens is 3. The Balaban J connectivity index is 2.16. The van der Waals surface area contributed by atoms with Gasteiger partial charge in [-0.25, -0.2) is 4.98 Å². The van der Waals surface area contributed by atoms with Crippen LogP contribution in [0, 0.1) is 0 Å². The predicted octanol–water partition coefficient (Wildman–Crippen LogP) is 3.14. The number of hydrogen-bond donors (Lipinski definition) is 1. The van der Waals surface area contributed by atoms with Crippen LogP contribution in [-0.2, 0) is 19.4 Å². The average Bonchev–Trinajstić information content (AvgIpc) is 2.98. The molecule has 0 amide bonds. The van der Waals surface area contributed by atoms with E-state index in [0.29, 0.717) is 6.04 Å². The summed E-state index contributed by atoms with van der Waals surface area (Å²) in [7, 11) is 0. The molecule has 0 aliphatic heterocycles. The van der Waals surface area contributed by atoms with Crippen molar-refractivity contribution in [3.63, 3.8) is 0 Å². The van der Waals surface area contributed by atoms with E-state index in [-0.39, 0.29) is 0 Å². The molecule has 114 valence electrons. The summed E-state index contributed by atoms with van der Waals surface area (Å²) in [4.78, 5) is 4.41. The highest BCUT2D eigenvalue weighted by atomic mass is 15.3. The van der Waals surface area contributed by atoms with E-state index < -0.39 is 0 Å². The molecule has 1 aromatic carbocycles. The average molecular weight is 286 g/mol. The van der Waals surface area contributed by atoms with Crippen LogP contribution < -0.4 is 5.32 Å². The van der Waals surface area contributed by atoms with E-state index >= 15 is 0 Å². The maximum absolute atomic E-state index is 4.41. The van der Waals surface area contributed by atoms with Gasteiger partial charge in [0.1, 0.15) is 12.2 Å². The molecule has 1 unspecified atom stereocenters. The van der Waals surface area contributed by atoms with E-state index in [1.165, 1.54) is 11.1 Å². The highest BCUT2D eigenvalue weighted by molar-refractivity contribution is 5.25. The standard InChI is InChI=1S/C17H26N4/c1-4-11-18-16(12-17-19-13-20-21(17)6-3)15-9-7-14(5-2)8-10-15/h7-10,13,16,18H,4-6,11-12H2,1-3H3. The van der Waals surface area contributed by atoms with Gasteiger partial charge in [0.2, 0.25) is 0 Å². The van der Waals surface area contributed by atoms with E-state index in [9.17, 15) is 0 Å². The zero-order chi connectivity index (χ0) is 15.1. The molecule has 1 heterocycles. The first-order valence-corrected chi connectivity index (χ1v) is 7.97. The van der Waals surface area contributed by atoms with E-state index in [1.54, 1.807) is 6.33 Å². The Labute approximate surface area is 127 Å². The summed E-state index contributed by atoms with van der Waals surface area (Å²) in [5.41, 5.74) is 2.70. The molecule has 1 aromatic heterocycles. The van der Waals surface area contributed by atoms with Gasteiger partial charge in [-0.2, -0.15) is 5.10 Å². The van der Waals surface area contributed by atoms with Gasteiger partial charge < -0.3 is 5.32 Å². The fourth-order valence-corrected chi connectivity index (χ4v) is 2.50. The molecule has 4 nitrogen and oxygen atoms in total. The van der Waals surface area contributed by atoms with Gasteiger partial charge in [0.25, 0.3) is 0 Å². The lowest BCUT2D eigenvalue weighted by molar-refractivity contribution is 0.496. The largest absolute Gasteiger partial charge is 0.310 e. The molecule has 2 aromatic rings. The summed E-state index contributed by atoms with van der Waals surface area (Å²) in [6.45, 7) is 8.36. The van der Waals surface area contributed by atoms with Crippen molar-refractivity contribution in [2.24, 2.45) is 0 Å². The van der Waals surface area contributed by atoms with E-state index in [4.69, 9.17) is 0 Å². The first kappa shape index (κ1) is 15.7. The molecule has 0 aliphatic rings. The van der Waals surface area contributed by atoms with Gasteiger partial charge in [0.15, 0.2) is 0 Å². The molecule has 21 heavy (non-hydrogen) atoms. The van der Waals surface area contributed by atoms with Gasteiger partial charge in [-0.15, -0.1) is 0 Å². The maximum atomic E-state index is 4.41. The minimum absolute atomic E-state index is 0.297. The lowest BCUT2D eigenvalue weighted by Gasteiger charge is -2.19. The van der Waals surface area contributed by atoms with Crippen LogP contribution in [0.25, 0.3) is 0 Å². The third-order valence-electron chi connectivity index (χ3n) is 3.81. The van der Waals surface area contributed by atoms with Crippen molar-refractivity contribution in [3.05, 3.63) is 47.5 Å². The highest BCUT2D eigenvalue weighted by Crippen LogP contribution is 2.18. The monoisotopic (exact) mass is 286 g/mol. The molecular weight excluding hydrogens is 260 g/mol. The van der Waals surface area contributed by atoms with E-state index in [0.717, 1.165) is 38.2 Å². The Morgan fingerprint density at radius 2 is 1.90 bits per heavy atom. The van der Waals surface area contributed by atoms with Gasteiger partial charge in [-0.3, -0.25) is 4.68 Å². The molecule has 1 atom stereocenters. The molecule has 0 fully saturated rings. The summed E-state index contributed by atoms with van der Waals surface area (Å²) in [5, 5.41) is 7.90. The van der Waals surface area contributed by atoms with Gasteiger partial charge in [0, 0.05) is 19.0 Å². The summed E-state index contributed by atoms with van der Waals surface area (Å²) < 4.78 is 1.97. The molecule has 0 saturated heterocycles. The minimum Gasteiger partial charge on any atom is -0.310 e. The van der Waals surface area contributed by atoms with Crippen molar-refractivity contribution >= 4 is 0 Å². The van der Waals surface area contributed by atoms with Crippen LogP contribution in [0.5, 0.6) is 0 Å². The second-order valence-electron chi connectivity index (χ2n) is 5.30. The Morgan fingerprint density at radius 3 is 2.52 bits per heavy atom.